The summed E-state index contributed by atoms with van der Waals surface area (Å²) in [7, 11) is 1.77. The zero-order chi connectivity index (χ0) is 15.3. The molecule has 0 saturated carbocycles. The Hall–Kier alpha value is -0.590. The van der Waals surface area contributed by atoms with E-state index in [1.165, 1.54) is 0 Å². The fourth-order valence-electron chi connectivity index (χ4n) is 1.58. The summed E-state index contributed by atoms with van der Waals surface area (Å²) < 4.78 is 7.25. The van der Waals surface area contributed by atoms with E-state index < -0.39 is 0 Å². The van der Waals surface area contributed by atoms with Crippen LogP contribution in [0.5, 0.6) is 5.75 Å². The lowest BCUT2D eigenvalue weighted by atomic mass is 10.1. The molecule has 0 bridgehead atoms. The topological polar surface area (TPSA) is 55.6 Å². The summed E-state index contributed by atoms with van der Waals surface area (Å²) in [5.41, 5.74) is 6.66. The molecule has 0 aliphatic carbocycles. The molecule has 0 aliphatic heterocycles. The second-order valence-corrected chi connectivity index (χ2v) is 6.52. The second kappa shape index (κ2) is 8.00. The highest BCUT2D eigenvalue weighted by Crippen LogP contribution is 2.34. The molecule has 0 aliphatic rings. The van der Waals surface area contributed by atoms with Crippen molar-refractivity contribution in [2.75, 3.05) is 20.2 Å². The van der Waals surface area contributed by atoms with Gasteiger partial charge in [-0.15, -0.1) is 0 Å². The smallest absolute Gasteiger partial charge is 0.260 e. The molecule has 0 atom stereocenters. The van der Waals surface area contributed by atoms with E-state index in [2.05, 4.69) is 31.9 Å². The minimum atomic E-state index is -0.0511. The molecule has 0 fully saturated rings. The molecule has 0 heterocycles. The van der Waals surface area contributed by atoms with Crippen molar-refractivity contribution >= 4 is 37.8 Å². The van der Waals surface area contributed by atoms with Gasteiger partial charge in [-0.2, -0.15) is 0 Å². The van der Waals surface area contributed by atoms with Crippen molar-refractivity contribution in [2.24, 2.45) is 5.73 Å². The maximum atomic E-state index is 11.9. The molecule has 0 radical (unpaired) electrons. The molecular weight excluding hydrogens is 388 g/mol. The number of ether oxygens (including phenoxy) is 1. The van der Waals surface area contributed by atoms with E-state index in [9.17, 15) is 4.79 Å². The summed E-state index contributed by atoms with van der Waals surface area (Å²) in [6.45, 7) is 4.54. The molecular formula is C14H20Br2N2O2. The normalized spacial score (nSPS) is 10.8. The summed E-state index contributed by atoms with van der Waals surface area (Å²) in [4.78, 5) is 13.6. The Kier molecular flexibility index (Phi) is 6.99. The van der Waals surface area contributed by atoms with Crippen LogP contribution in [-0.2, 0) is 11.2 Å². The summed E-state index contributed by atoms with van der Waals surface area (Å²) >= 11 is 6.93. The highest BCUT2D eigenvalue weighted by Gasteiger charge is 2.15. The van der Waals surface area contributed by atoms with E-state index in [0.29, 0.717) is 12.3 Å². The van der Waals surface area contributed by atoms with E-state index in [4.69, 9.17) is 10.5 Å². The monoisotopic (exact) mass is 406 g/mol. The lowest BCUT2D eigenvalue weighted by molar-refractivity contribution is -0.133. The predicted molar refractivity (Wildman–Crippen MR) is 88.0 cm³/mol. The summed E-state index contributed by atoms with van der Waals surface area (Å²) in [5.74, 6) is 0.584. The number of nitrogens with two attached hydrogens (primary N) is 1. The van der Waals surface area contributed by atoms with Gasteiger partial charge in [0.1, 0.15) is 5.75 Å². The van der Waals surface area contributed by atoms with Gasteiger partial charge in [-0.3, -0.25) is 4.79 Å². The SMILES string of the molecule is CC(C)N(C)C(=O)COc1c(Br)cc(CCN)cc1Br. The van der Waals surface area contributed by atoms with Gasteiger partial charge in [0.15, 0.2) is 6.61 Å². The minimum absolute atomic E-state index is 0.0160. The van der Waals surface area contributed by atoms with Crippen molar-refractivity contribution in [1.29, 1.82) is 0 Å². The Bertz CT molecular complexity index is 455. The highest BCUT2D eigenvalue weighted by atomic mass is 79.9. The highest BCUT2D eigenvalue weighted by molar-refractivity contribution is 9.11. The molecule has 2 N–H and O–H groups in total. The fraction of sp³-hybridized carbons (Fsp3) is 0.500. The number of hydrogen-bond acceptors (Lipinski definition) is 3. The first kappa shape index (κ1) is 17.5. The van der Waals surface area contributed by atoms with E-state index in [1.807, 2.05) is 26.0 Å². The van der Waals surface area contributed by atoms with Gasteiger partial charge in [-0.1, -0.05) is 0 Å². The molecule has 0 aromatic heterocycles. The molecule has 0 spiro atoms. The Morgan fingerprint density at radius 1 is 1.35 bits per heavy atom. The number of benzene rings is 1. The molecule has 0 saturated heterocycles. The first-order valence-electron chi connectivity index (χ1n) is 6.43. The van der Waals surface area contributed by atoms with Crippen LogP contribution >= 0.6 is 31.9 Å². The molecule has 1 aromatic carbocycles. The van der Waals surface area contributed by atoms with E-state index in [0.717, 1.165) is 20.9 Å². The van der Waals surface area contributed by atoms with Crippen molar-refractivity contribution in [3.63, 3.8) is 0 Å². The molecule has 1 aromatic rings. The minimum Gasteiger partial charge on any atom is -0.481 e. The van der Waals surface area contributed by atoms with Gasteiger partial charge in [0.25, 0.3) is 5.91 Å². The van der Waals surface area contributed by atoms with Crippen molar-refractivity contribution in [2.45, 2.75) is 26.3 Å². The first-order valence-corrected chi connectivity index (χ1v) is 8.01. The number of nitrogens with zero attached hydrogens (tertiary/aromatic N) is 1. The molecule has 0 unspecified atom stereocenters. The molecule has 6 heteroatoms. The average Bonchev–Trinajstić information content (AvgIpc) is 2.36. The molecule has 1 amide bonds. The molecule has 112 valence electrons. The van der Waals surface area contributed by atoms with Gasteiger partial charge in [-0.25, -0.2) is 0 Å². The lowest BCUT2D eigenvalue weighted by Gasteiger charge is -2.22. The van der Waals surface area contributed by atoms with Crippen LogP contribution in [0.15, 0.2) is 21.1 Å². The maximum absolute atomic E-state index is 11.9. The largest absolute Gasteiger partial charge is 0.481 e. The number of amides is 1. The number of hydrogen-bond donors (Lipinski definition) is 1. The predicted octanol–water partition coefficient (Wildman–Crippen LogP) is 2.96. The maximum Gasteiger partial charge on any atom is 0.260 e. The quantitative estimate of drug-likeness (QED) is 0.788. The Labute approximate surface area is 136 Å². The van der Waals surface area contributed by atoms with Crippen LogP contribution in [0, 0.1) is 0 Å². The van der Waals surface area contributed by atoms with Crippen LogP contribution in [0.4, 0.5) is 0 Å². The Morgan fingerprint density at radius 3 is 2.35 bits per heavy atom. The molecule has 1 rings (SSSR count). The van der Waals surface area contributed by atoms with Crippen LogP contribution in [0.25, 0.3) is 0 Å². The summed E-state index contributed by atoms with van der Waals surface area (Å²) in [5, 5.41) is 0. The Balaban J connectivity index is 2.76. The van der Waals surface area contributed by atoms with Gasteiger partial charge in [-0.05, 0) is 76.4 Å². The summed E-state index contributed by atoms with van der Waals surface area (Å²) in [6.07, 6.45) is 0.798. The van der Waals surface area contributed by atoms with Crippen LogP contribution in [0.2, 0.25) is 0 Å². The van der Waals surface area contributed by atoms with Crippen molar-refractivity contribution in [1.82, 2.24) is 4.90 Å². The van der Waals surface area contributed by atoms with Crippen LogP contribution in [0.1, 0.15) is 19.4 Å². The van der Waals surface area contributed by atoms with Gasteiger partial charge < -0.3 is 15.4 Å². The fourth-order valence-corrected chi connectivity index (χ4v) is 3.10. The van der Waals surface area contributed by atoms with Gasteiger partial charge >= 0.3 is 0 Å². The number of halogens is 2. The van der Waals surface area contributed by atoms with Crippen molar-refractivity contribution in [3.8, 4) is 5.75 Å². The molecule has 4 nitrogen and oxygen atoms in total. The third-order valence-electron chi connectivity index (χ3n) is 3.00. The average molecular weight is 408 g/mol. The van der Waals surface area contributed by atoms with Gasteiger partial charge in [0.2, 0.25) is 0 Å². The van der Waals surface area contributed by atoms with E-state index in [-0.39, 0.29) is 18.6 Å². The molecule has 20 heavy (non-hydrogen) atoms. The number of carbonyl (C=O) groups excluding carboxylic acids is 1. The number of likely N-dealkylation sites (N-methyl/N-ethyl adjacent to an activating group) is 1. The van der Waals surface area contributed by atoms with Crippen LogP contribution in [0.3, 0.4) is 0 Å². The Morgan fingerprint density at radius 2 is 1.90 bits per heavy atom. The van der Waals surface area contributed by atoms with Crippen molar-refractivity contribution in [3.05, 3.63) is 26.6 Å². The zero-order valence-corrected chi connectivity index (χ0v) is 15.1. The van der Waals surface area contributed by atoms with E-state index in [1.54, 1.807) is 11.9 Å². The van der Waals surface area contributed by atoms with Crippen molar-refractivity contribution < 1.29 is 9.53 Å². The lowest BCUT2D eigenvalue weighted by Crippen LogP contribution is -2.36. The zero-order valence-electron chi connectivity index (χ0n) is 12.0. The van der Waals surface area contributed by atoms with Gasteiger partial charge in [0, 0.05) is 13.1 Å². The third kappa shape index (κ3) is 4.75. The number of rotatable bonds is 6. The van der Waals surface area contributed by atoms with Gasteiger partial charge in [0.05, 0.1) is 8.95 Å². The van der Waals surface area contributed by atoms with Crippen LogP contribution < -0.4 is 10.5 Å². The summed E-state index contributed by atoms with van der Waals surface area (Å²) in [6, 6.07) is 4.08. The van der Waals surface area contributed by atoms with E-state index >= 15 is 0 Å². The first-order chi connectivity index (χ1) is 9.36. The standard InChI is InChI=1S/C14H20Br2N2O2/c1-9(2)18(3)13(19)8-20-14-11(15)6-10(4-5-17)7-12(14)16/h6-7,9H,4-5,8,17H2,1-3H3. The third-order valence-corrected chi connectivity index (χ3v) is 4.18. The second-order valence-electron chi connectivity index (χ2n) is 4.81. The van der Waals surface area contributed by atoms with Crippen LogP contribution in [-0.4, -0.2) is 37.0 Å². The number of carbonyl (C=O) groups is 1.